The number of nitrogens with zero attached hydrogens (tertiary/aromatic N) is 4. The van der Waals surface area contributed by atoms with Crippen molar-refractivity contribution in [3.05, 3.63) is 17.5 Å². The molecule has 0 saturated carbocycles. The van der Waals surface area contributed by atoms with Crippen molar-refractivity contribution in [3.8, 4) is 0 Å². The maximum atomic E-state index is 13.2. The highest BCUT2D eigenvalue weighted by atomic mass is 127. The Balaban J connectivity index is 0.00000280. The first-order valence-corrected chi connectivity index (χ1v) is 9.54. The minimum atomic E-state index is -4.47. The minimum Gasteiger partial charge on any atom is -0.381 e. The van der Waals surface area contributed by atoms with Crippen LogP contribution in [0, 0.1) is 5.41 Å². The highest BCUT2D eigenvalue weighted by Crippen LogP contribution is 2.37. The summed E-state index contributed by atoms with van der Waals surface area (Å²) in [6, 6.07) is 0. The van der Waals surface area contributed by atoms with Gasteiger partial charge in [-0.3, -0.25) is 4.68 Å². The van der Waals surface area contributed by atoms with E-state index in [1.165, 1.54) is 17.9 Å². The van der Waals surface area contributed by atoms with Crippen molar-refractivity contribution >= 4 is 29.9 Å². The van der Waals surface area contributed by atoms with Gasteiger partial charge >= 0.3 is 6.18 Å². The van der Waals surface area contributed by atoms with Crippen molar-refractivity contribution in [1.29, 1.82) is 0 Å². The van der Waals surface area contributed by atoms with Gasteiger partial charge in [0.2, 0.25) is 0 Å². The molecule has 6 nitrogen and oxygen atoms in total. The van der Waals surface area contributed by atoms with Gasteiger partial charge in [0.15, 0.2) is 11.7 Å². The molecule has 3 heterocycles. The Hall–Kier alpha value is -1.04. The molecule has 0 aromatic carbocycles. The maximum absolute atomic E-state index is 13.2. The number of halogens is 4. The molecule has 0 amide bonds. The van der Waals surface area contributed by atoms with Gasteiger partial charge in [0.05, 0.1) is 13.2 Å². The van der Waals surface area contributed by atoms with Crippen molar-refractivity contribution in [2.45, 2.75) is 45.3 Å². The van der Waals surface area contributed by atoms with Gasteiger partial charge in [0.25, 0.3) is 0 Å². The molecule has 2 fully saturated rings. The molecule has 1 unspecified atom stereocenters. The zero-order chi connectivity index (χ0) is 19.5. The Bertz CT molecular complexity index is 665. The molecule has 1 aromatic heterocycles. The van der Waals surface area contributed by atoms with E-state index >= 15 is 0 Å². The molecule has 1 N–H and O–H groups in total. The standard InChI is InChI=1S/C18H28F3N5O.HI/c1-3-22-16(23-10-14-11-25(2)24-15(14)18(19,20)21)26-8-4-6-17(12-26)7-5-9-27-13-17;/h11H,3-10,12-13H2,1-2H3,(H,22,23);1H. The van der Waals surface area contributed by atoms with Gasteiger partial charge in [-0.25, -0.2) is 4.99 Å². The van der Waals surface area contributed by atoms with Crippen LogP contribution in [0.4, 0.5) is 13.2 Å². The molecule has 0 bridgehead atoms. The fraction of sp³-hybridized carbons (Fsp3) is 0.778. The highest BCUT2D eigenvalue weighted by Gasteiger charge is 2.39. The van der Waals surface area contributed by atoms with Crippen molar-refractivity contribution < 1.29 is 17.9 Å². The molecule has 1 atom stereocenters. The molecular weight excluding hydrogens is 486 g/mol. The number of ether oxygens (including phenoxy) is 1. The van der Waals surface area contributed by atoms with Crippen LogP contribution < -0.4 is 5.32 Å². The summed E-state index contributed by atoms with van der Waals surface area (Å²) in [5.74, 6) is 0.666. The molecule has 1 aromatic rings. The molecule has 2 aliphatic heterocycles. The number of piperidine rings is 1. The number of hydrogen-bond acceptors (Lipinski definition) is 3. The van der Waals surface area contributed by atoms with E-state index in [4.69, 9.17) is 4.74 Å². The number of alkyl halides is 3. The summed E-state index contributed by atoms with van der Waals surface area (Å²) in [6.45, 7) is 5.83. The average Bonchev–Trinajstić information content (AvgIpc) is 3.00. The molecule has 2 saturated heterocycles. The van der Waals surface area contributed by atoms with E-state index in [2.05, 4.69) is 20.3 Å². The van der Waals surface area contributed by atoms with Gasteiger partial charge in [-0.1, -0.05) is 0 Å². The van der Waals surface area contributed by atoms with E-state index in [1.54, 1.807) is 0 Å². The zero-order valence-corrected chi connectivity index (χ0v) is 18.7. The van der Waals surface area contributed by atoms with Gasteiger partial charge < -0.3 is 15.0 Å². The molecule has 2 aliphatic rings. The molecule has 1 spiro atoms. The molecule has 0 radical (unpaired) electrons. The summed E-state index contributed by atoms with van der Waals surface area (Å²) in [7, 11) is 1.49. The number of rotatable bonds is 3. The van der Waals surface area contributed by atoms with Crippen molar-refractivity contribution in [2.75, 3.05) is 32.8 Å². The SMILES string of the molecule is CCNC(=NCc1cn(C)nc1C(F)(F)F)N1CCCC2(CCCOC2)C1.I. The normalized spacial score (nSPS) is 23.6. The van der Waals surface area contributed by atoms with Crippen molar-refractivity contribution in [1.82, 2.24) is 20.0 Å². The highest BCUT2D eigenvalue weighted by molar-refractivity contribution is 14.0. The van der Waals surface area contributed by atoms with Gasteiger partial charge in [-0.15, -0.1) is 24.0 Å². The fourth-order valence-corrected chi connectivity index (χ4v) is 4.10. The molecular formula is C18H29F3IN5O. The lowest BCUT2D eigenvalue weighted by Crippen LogP contribution is -2.53. The van der Waals surface area contributed by atoms with Crippen LogP contribution in [0.2, 0.25) is 0 Å². The number of nitrogens with one attached hydrogen (secondary N) is 1. The largest absolute Gasteiger partial charge is 0.435 e. The summed E-state index contributed by atoms with van der Waals surface area (Å²) >= 11 is 0. The lowest BCUT2D eigenvalue weighted by molar-refractivity contribution is -0.142. The second-order valence-electron chi connectivity index (χ2n) is 7.53. The van der Waals surface area contributed by atoms with Gasteiger partial charge in [0.1, 0.15) is 0 Å². The Morgan fingerprint density at radius 2 is 2.11 bits per heavy atom. The van der Waals surface area contributed by atoms with Crippen LogP contribution >= 0.6 is 24.0 Å². The van der Waals surface area contributed by atoms with Gasteiger partial charge in [-0.2, -0.15) is 18.3 Å². The molecule has 28 heavy (non-hydrogen) atoms. The lowest BCUT2D eigenvalue weighted by Gasteiger charge is -2.45. The summed E-state index contributed by atoms with van der Waals surface area (Å²) in [5, 5.41) is 6.79. The Labute approximate surface area is 180 Å². The second-order valence-corrected chi connectivity index (χ2v) is 7.53. The first-order valence-electron chi connectivity index (χ1n) is 9.54. The Kier molecular flexibility index (Phi) is 8.00. The van der Waals surface area contributed by atoms with Crippen molar-refractivity contribution in [3.63, 3.8) is 0 Å². The molecule has 3 rings (SSSR count). The third kappa shape index (κ3) is 5.52. The second kappa shape index (κ2) is 9.64. The van der Waals surface area contributed by atoms with Crippen LogP contribution in [0.1, 0.15) is 43.9 Å². The Morgan fingerprint density at radius 1 is 1.36 bits per heavy atom. The van der Waals surface area contributed by atoms with Crippen LogP contribution in [-0.4, -0.2) is 53.5 Å². The van der Waals surface area contributed by atoms with E-state index in [9.17, 15) is 13.2 Å². The fourth-order valence-electron chi connectivity index (χ4n) is 4.10. The predicted octanol–water partition coefficient (Wildman–Crippen LogP) is 3.42. The van der Waals surface area contributed by atoms with Gasteiger partial charge in [0, 0.05) is 50.5 Å². The maximum Gasteiger partial charge on any atom is 0.435 e. The van der Waals surface area contributed by atoms with E-state index in [-0.39, 0.29) is 41.5 Å². The van der Waals surface area contributed by atoms with E-state index < -0.39 is 11.9 Å². The number of aliphatic imine (C=N–C) groups is 1. The number of aryl methyl sites for hydroxylation is 1. The van der Waals surface area contributed by atoms with Gasteiger partial charge in [-0.05, 0) is 32.6 Å². The molecule has 10 heteroatoms. The Morgan fingerprint density at radius 3 is 2.75 bits per heavy atom. The zero-order valence-electron chi connectivity index (χ0n) is 16.4. The number of guanidine groups is 1. The van der Waals surface area contributed by atoms with E-state index in [1.807, 2.05) is 6.92 Å². The summed E-state index contributed by atoms with van der Waals surface area (Å²) in [5.41, 5.74) is -0.633. The monoisotopic (exact) mass is 515 g/mol. The van der Waals surface area contributed by atoms with Crippen LogP contribution in [0.3, 0.4) is 0 Å². The third-order valence-corrected chi connectivity index (χ3v) is 5.27. The summed E-state index contributed by atoms with van der Waals surface area (Å²) in [6.07, 6.45) is 1.27. The van der Waals surface area contributed by atoms with Crippen LogP contribution in [0.5, 0.6) is 0 Å². The minimum absolute atomic E-state index is 0. The topological polar surface area (TPSA) is 54.7 Å². The quantitative estimate of drug-likeness (QED) is 0.381. The summed E-state index contributed by atoms with van der Waals surface area (Å²) < 4.78 is 46.4. The summed E-state index contributed by atoms with van der Waals surface area (Å²) in [4.78, 5) is 6.68. The van der Waals surface area contributed by atoms with Crippen LogP contribution in [-0.2, 0) is 24.5 Å². The van der Waals surface area contributed by atoms with Crippen LogP contribution in [0.15, 0.2) is 11.2 Å². The average molecular weight is 515 g/mol. The number of aromatic nitrogens is 2. The first-order chi connectivity index (χ1) is 12.8. The number of hydrogen-bond donors (Lipinski definition) is 1. The molecule has 0 aliphatic carbocycles. The van der Waals surface area contributed by atoms with Crippen molar-refractivity contribution in [2.24, 2.45) is 17.5 Å². The molecule has 160 valence electrons. The predicted molar refractivity (Wildman–Crippen MR) is 112 cm³/mol. The third-order valence-electron chi connectivity index (χ3n) is 5.27. The van der Waals surface area contributed by atoms with E-state index in [0.29, 0.717) is 12.5 Å². The van der Waals surface area contributed by atoms with E-state index in [0.717, 1.165) is 52.0 Å². The van der Waals surface area contributed by atoms with Crippen LogP contribution in [0.25, 0.3) is 0 Å². The number of likely N-dealkylation sites (tertiary alicyclic amines) is 1. The lowest BCUT2D eigenvalue weighted by atomic mass is 9.76. The smallest absolute Gasteiger partial charge is 0.381 e. The first kappa shape index (κ1) is 23.2.